The van der Waals surface area contributed by atoms with E-state index in [2.05, 4.69) is 15.6 Å². The molecule has 186 valence electrons. The van der Waals surface area contributed by atoms with E-state index < -0.39 is 33.9 Å². The summed E-state index contributed by atoms with van der Waals surface area (Å²) in [5, 5.41) is 6.34. The number of amides is 3. The van der Waals surface area contributed by atoms with Crippen molar-refractivity contribution in [3.63, 3.8) is 0 Å². The zero-order valence-electron chi connectivity index (χ0n) is 18.4. The van der Waals surface area contributed by atoms with E-state index in [0.29, 0.717) is 32.5 Å². The molecule has 1 saturated carbocycles. The highest BCUT2D eigenvalue weighted by molar-refractivity contribution is 6.53. The predicted octanol–water partition coefficient (Wildman–Crippen LogP) is 6.23. The number of rotatable bonds is 6. The minimum Gasteiger partial charge on any atom is -0.364 e. The number of pyridine rings is 1. The molecule has 3 aromatic rings. The van der Waals surface area contributed by atoms with Crippen molar-refractivity contribution >= 4 is 87.1 Å². The van der Waals surface area contributed by atoms with Crippen molar-refractivity contribution in [1.29, 1.82) is 0 Å². The van der Waals surface area contributed by atoms with E-state index >= 15 is 0 Å². The molecule has 7 nitrogen and oxygen atoms in total. The molecule has 0 spiro atoms. The molecule has 1 aromatic heterocycles. The Hall–Kier alpha value is -2.55. The summed E-state index contributed by atoms with van der Waals surface area (Å²) in [5.74, 6) is -2.97. The Morgan fingerprint density at radius 1 is 0.944 bits per heavy atom. The van der Waals surface area contributed by atoms with Crippen molar-refractivity contribution < 1.29 is 14.4 Å². The van der Waals surface area contributed by atoms with Crippen molar-refractivity contribution in [2.45, 2.75) is 17.2 Å². The normalized spacial score (nSPS) is 17.8. The number of nitrogens with one attached hydrogen (secondary N) is 2. The number of nitrogens with two attached hydrogens (primary N) is 1. The second-order valence-electron chi connectivity index (χ2n) is 8.22. The molecule has 3 amide bonds. The van der Waals surface area contributed by atoms with Crippen molar-refractivity contribution in [3.8, 4) is 0 Å². The van der Waals surface area contributed by atoms with Gasteiger partial charge in [0.2, 0.25) is 5.91 Å². The minimum absolute atomic E-state index is 0.100. The molecule has 36 heavy (non-hydrogen) atoms. The van der Waals surface area contributed by atoms with Gasteiger partial charge in [-0.25, -0.2) is 4.98 Å². The minimum atomic E-state index is -1.35. The lowest BCUT2D eigenvalue weighted by molar-refractivity contribution is -0.117. The van der Waals surface area contributed by atoms with Gasteiger partial charge in [-0.15, -0.1) is 23.2 Å². The first kappa shape index (κ1) is 26.5. The molecule has 0 bridgehead atoms. The van der Waals surface area contributed by atoms with Gasteiger partial charge >= 0.3 is 0 Å². The summed E-state index contributed by atoms with van der Waals surface area (Å²) in [6, 6.07) is 10.9. The number of alkyl halides is 2. The van der Waals surface area contributed by atoms with Crippen LogP contribution in [0.4, 0.5) is 11.4 Å². The standard InChI is InChI=1S/C24H17Cl5N4O3/c1-10-4-15(9-31-20(10)21(30)34)33-22(35)16-8-14(2-3-17(16)27)32-23(36)19-18(24(19,28)29)11-5-12(25)7-13(26)6-11/h2-9,18-19H,1H3,(H2,30,34)(H,32,36)(H,33,35)/t18-,19+/m1/s1. The zero-order chi connectivity index (χ0) is 26.4. The van der Waals surface area contributed by atoms with Gasteiger partial charge in [0.1, 0.15) is 10.0 Å². The fraction of sp³-hybridized carbons (Fsp3) is 0.167. The molecule has 1 aliphatic rings. The highest BCUT2D eigenvalue weighted by Gasteiger charge is 2.67. The summed E-state index contributed by atoms with van der Waals surface area (Å²) < 4.78 is -1.35. The monoisotopic (exact) mass is 584 g/mol. The summed E-state index contributed by atoms with van der Waals surface area (Å²) in [6.07, 6.45) is 1.31. The van der Waals surface area contributed by atoms with Gasteiger partial charge in [0.05, 0.1) is 28.4 Å². The molecular formula is C24H17Cl5N4O3. The number of hydrogen-bond acceptors (Lipinski definition) is 4. The maximum Gasteiger partial charge on any atom is 0.267 e. The zero-order valence-corrected chi connectivity index (χ0v) is 22.2. The number of carbonyl (C=O) groups excluding carboxylic acids is 3. The van der Waals surface area contributed by atoms with Gasteiger partial charge in [0, 0.05) is 21.7 Å². The van der Waals surface area contributed by atoms with Crippen LogP contribution in [0.5, 0.6) is 0 Å². The van der Waals surface area contributed by atoms with E-state index in [1.165, 1.54) is 18.3 Å². The van der Waals surface area contributed by atoms with Crippen molar-refractivity contribution in [2.24, 2.45) is 11.7 Å². The van der Waals surface area contributed by atoms with Gasteiger partial charge in [0.15, 0.2) is 0 Å². The molecule has 0 unspecified atom stereocenters. The van der Waals surface area contributed by atoms with E-state index in [4.69, 9.17) is 63.7 Å². The quantitative estimate of drug-likeness (QED) is 0.297. The fourth-order valence-corrected chi connectivity index (χ4v) is 5.49. The third-order valence-corrected chi connectivity index (χ3v) is 7.33. The number of aryl methyl sites for hydroxylation is 1. The maximum atomic E-state index is 13.0. The van der Waals surface area contributed by atoms with Crippen LogP contribution in [0, 0.1) is 12.8 Å². The number of halogens is 5. The molecule has 4 rings (SSSR count). The van der Waals surface area contributed by atoms with Gasteiger partial charge in [-0.3, -0.25) is 14.4 Å². The molecule has 0 radical (unpaired) electrons. The Kier molecular flexibility index (Phi) is 7.42. The highest BCUT2D eigenvalue weighted by Crippen LogP contribution is 2.65. The topological polar surface area (TPSA) is 114 Å². The molecule has 0 aliphatic heterocycles. The van der Waals surface area contributed by atoms with Crippen LogP contribution >= 0.6 is 58.0 Å². The van der Waals surface area contributed by atoms with E-state index in [9.17, 15) is 14.4 Å². The van der Waals surface area contributed by atoms with Crippen LogP contribution in [0.15, 0.2) is 48.7 Å². The lowest BCUT2D eigenvalue weighted by atomic mass is 10.1. The number of aromatic nitrogens is 1. The molecule has 1 aliphatic carbocycles. The highest BCUT2D eigenvalue weighted by atomic mass is 35.5. The Labute approximate surface area is 231 Å². The van der Waals surface area contributed by atoms with Gasteiger partial charge in [-0.1, -0.05) is 34.8 Å². The van der Waals surface area contributed by atoms with Crippen LogP contribution in [0.3, 0.4) is 0 Å². The second kappa shape index (κ2) is 10.1. The van der Waals surface area contributed by atoms with Crippen LogP contribution in [0.25, 0.3) is 0 Å². The number of anilines is 2. The van der Waals surface area contributed by atoms with Gasteiger partial charge in [-0.05, 0) is 60.5 Å². The first-order valence-electron chi connectivity index (χ1n) is 10.4. The van der Waals surface area contributed by atoms with Crippen molar-refractivity contribution in [3.05, 3.63) is 86.1 Å². The molecule has 1 fully saturated rings. The van der Waals surface area contributed by atoms with Crippen LogP contribution in [0.2, 0.25) is 15.1 Å². The third-order valence-electron chi connectivity index (χ3n) is 5.63. The predicted molar refractivity (Wildman–Crippen MR) is 143 cm³/mol. The van der Waals surface area contributed by atoms with Crippen molar-refractivity contribution in [1.82, 2.24) is 4.98 Å². The lowest BCUT2D eigenvalue weighted by Crippen LogP contribution is -2.19. The summed E-state index contributed by atoms with van der Waals surface area (Å²) >= 11 is 31.2. The molecule has 2 atom stereocenters. The SMILES string of the molecule is Cc1cc(NC(=O)c2cc(NC(=O)[C@@H]3[C@@H](c4cc(Cl)cc(Cl)c4)C3(Cl)Cl)ccc2Cl)cnc1C(N)=O. The van der Waals surface area contributed by atoms with Crippen LogP contribution in [-0.2, 0) is 4.79 Å². The molecule has 4 N–H and O–H groups in total. The van der Waals surface area contributed by atoms with Crippen LogP contribution in [0.1, 0.15) is 37.9 Å². The third kappa shape index (κ3) is 5.41. The van der Waals surface area contributed by atoms with Crippen molar-refractivity contribution in [2.75, 3.05) is 10.6 Å². The lowest BCUT2D eigenvalue weighted by Gasteiger charge is -2.11. The summed E-state index contributed by atoms with van der Waals surface area (Å²) in [6.45, 7) is 1.64. The first-order chi connectivity index (χ1) is 16.9. The Morgan fingerprint density at radius 3 is 2.22 bits per heavy atom. The Bertz CT molecular complexity index is 1390. The smallest absolute Gasteiger partial charge is 0.267 e. The number of hydrogen-bond donors (Lipinski definition) is 3. The summed E-state index contributed by atoms with van der Waals surface area (Å²) in [4.78, 5) is 41.2. The van der Waals surface area contributed by atoms with E-state index in [0.717, 1.165) is 0 Å². The molecule has 12 heteroatoms. The average molecular weight is 587 g/mol. The van der Waals surface area contributed by atoms with E-state index in [1.807, 2.05) is 0 Å². The number of carbonyl (C=O) groups is 3. The number of primary amides is 1. The maximum absolute atomic E-state index is 13.0. The van der Waals surface area contributed by atoms with Crippen LogP contribution in [-0.4, -0.2) is 27.0 Å². The first-order valence-corrected chi connectivity index (χ1v) is 12.3. The second-order valence-corrected chi connectivity index (χ2v) is 10.9. The molecular weight excluding hydrogens is 570 g/mol. The van der Waals surface area contributed by atoms with Crippen LogP contribution < -0.4 is 16.4 Å². The van der Waals surface area contributed by atoms with Gasteiger partial charge in [0.25, 0.3) is 11.8 Å². The largest absolute Gasteiger partial charge is 0.364 e. The summed E-state index contributed by atoms with van der Waals surface area (Å²) in [7, 11) is 0. The number of benzene rings is 2. The average Bonchev–Trinajstić information content (AvgIpc) is 3.36. The van der Waals surface area contributed by atoms with E-state index in [-0.39, 0.29) is 16.3 Å². The molecule has 2 aromatic carbocycles. The Balaban J connectivity index is 1.50. The molecule has 1 heterocycles. The van der Waals surface area contributed by atoms with E-state index in [1.54, 1.807) is 37.3 Å². The van der Waals surface area contributed by atoms with Gasteiger partial charge in [-0.2, -0.15) is 0 Å². The fourth-order valence-electron chi connectivity index (χ4n) is 3.92. The number of nitrogens with zero attached hydrogens (tertiary/aromatic N) is 1. The summed E-state index contributed by atoms with van der Waals surface area (Å²) in [5.41, 5.74) is 7.25. The Morgan fingerprint density at radius 2 is 1.61 bits per heavy atom. The van der Waals surface area contributed by atoms with Gasteiger partial charge < -0.3 is 16.4 Å². The molecule has 0 saturated heterocycles.